The number of hydrogen-bond acceptors (Lipinski definition) is 4. The smallest absolute Gasteiger partial charge is 0.339 e. The zero-order chi connectivity index (χ0) is 14.3. The van der Waals surface area contributed by atoms with Crippen molar-refractivity contribution < 1.29 is 14.6 Å². The van der Waals surface area contributed by atoms with E-state index in [0.29, 0.717) is 24.5 Å². The number of nitrogens with zero attached hydrogens (tertiary/aromatic N) is 1. The molecule has 106 valence electrons. The van der Waals surface area contributed by atoms with Gasteiger partial charge in [-0.3, -0.25) is 4.98 Å². The summed E-state index contributed by atoms with van der Waals surface area (Å²) in [4.78, 5) is 15.4. The van der Waals surface area contributed by atoms with Crippen LogP contribution < -0.4 is 5.32 Å². The van der Waals surface area contributed by atoms with Gasteiger partial charge in [0, 0.05) is 18.8 Å². The highest BCUT2D eigenvalue weighted by Crippen LogP contribution is 2.19. The largest absolute Gasteiger partial charge is 0.478 e. The van der Waals surface area contributed by atoms with Gasteiger partial charge in [0.15, 0.2) is 0 Å². The molecule has 0 saturated heterocycles. The number of pyridine rings is 1. The van der Waals surface area contributed by atoms with E-state index in [1.807, 2.05) is 6.92 Å². The Labute approximate surface area is 114 Å². The van der Waals surface area contributed by atoms with Gasteiger partial charge in [0.05, 0.1) is 18.0 Å². The second kappa shape index (κ2) is 7.74. The first kappa shape index (κ1) is 15.4. The monoisotopic (exact) mass is 266 g/mol. The number of unbranched alkanes of at least 4 members (excludes halogenated alkanes) is 1. The maximum atomic E-state index is 11.2. The van der Waals surface area contributed by atoms with Crippen molar-refractivity contribution in [1.29, 1.82) is 0 Å². The normalized spacial score (nSPS) is 10.5. The number of carboxylic acid groups (broad SMARTS) is 1. The number of aryl methyl sites for hydroxylation is 2. The van der Waals surface area contributed by atoms with E-state index in [1.165, 1.54) is 0 Å². The van der Waals surface area contributed by atoms with Crippen LogP contribution in [0, 0.1) is 13.8 Å². The first-order valence-electron chi connectivity index (χ1n) is 6.59. The lowest BCUT2D eigenvalue weighted by atomic mass is 10.1. The van der Waals surface area contributed by atoms with Gasteiger partial charge < -0.3 is 15.2 Å². The van der Waals surface area contributed by atoms with Crippen molar-refractivity contribution in [3.63, 3.8) is 0 Å². The van der Waals surface area contributed by atoms with E-state index in [-0.39, 0.29) is 5.56 Å². The molecular formula is C14H22N2O3. The number of nitrogens with one attached hydrogen (secondary N) is 1. The second-order valence-corrected chi connectivity index (χ2v) is 4.47. The molecule has 1 rings (SSSR count). The molecule has 0 radical (unpaired) electrons. The van der Waals surface area contributed by atoms with Crippen molar-refractivity contribution in [2.24, 2.45) is 0 Å². The third kappa shape index (κ3) is 4.87. The number of aromatic carboxylic acids is 1. The number of hydrogen-bond donors (Lipinski definition) is 2. The summed E-state index contributed by atoms with van der Waals surface area (Å²) >= 11 is 0. The number of carbonyl (C=O) groups is 1. The fourth-order valence-corrected chi connectivity index (χ4v) is 1.84. The van der Waals surface area contributed by atoms with Crippen molar-refractivity contribution in [1.82, 2.24) is 4.98 Å². The average molecular weight is 266 g/mol. The summed E-state index contributed by atoms with van der Waals surface area (Å²) in [6, 6.07) is 1.75. The van der Waals surface area contributed by atoms with E-state index in [2.05, 4.69) is 17.2 Å². The molecule has 0 fully saturated rings. The zero-order valence-electron chi connectivity index (χ0n) is 11.8. The summed E-state index contributed by atoms with van der Waals surface area (Å²) < 4.78 is 5.43. The molecule has 0 saturated carbocycles. The van der Waals surface area contributed by atoms with Gasteiger partial charge in [-0.15, -0.1) is 0 Å². The Kier molecular flexibility index (Phi) is 6.29. The van der Waals surface area contributed by atoms with E-state index >= 15 is 0 Å². The Hall–Kier alpha value is -1.62. The highest BCUT2D eigenvalue weighted by molar-refractivity contribution is 5.95. The van der Waals surface area contributed by atoms with Gasteiger partial charge >= 0.3 is 5.97 Å². The molecule has 2 N–H and O–H groups in total. The predicted molar refractivity (Wildman–Crippen MR) is 74.9 cm³/mol. The molecular weight excluding hydrogens is 244 g/mol. The van der Waals surface area contributed by atoms with Crippen LogP contribution in [0.2, 0.25) is 0 Å². The molecule has 0 bridgehead atoms. The molecule has 0 atom stereocenters. The lowest BCUT2D eigenvalue weighted by Crippen LogP contribution is -2.14. The third-order valence-electron chi connectivity index (χ3n) is 2.75. The minimum atomic E-state index is -0.959. The molecule has 5 heteroatoms. The maximum Gasteiger partial charge on any atom is 0.339 e. The summed E-state index contributed by atoms with van der Waals surface area (Å²) in [5, 5.41) is 12.3. The number of anilines is 1. The van der Waals surface area contributed by atoms with Crippen LogP contribution in [0.25, 0.3) is 0 Å². The van der Waals surface area contributed by atoms with Crippen LogP contribution in [-0.2, 0) is 4.74 Å². The third-order valence-corrected chi connectivity index (χ3v) is 2.75. The summed E-state index contributed by atoms with van der Waals surface area (Å²) in [5.74, 6) is -0.959. The molecule has 0 aromatic carbocycles. The lowest BCUT2D eigenvalue weighted by Gasteiger charge is -2.12. The molecule has 1 aromatic rings. The summed E-state index contributed by atoms with van der Waals surface area (Å²) in [6.07, 6.45) is 2.16. The fourth-order valence-electron chi connectivity index (χ4n) is 1.84. The van der Waals surface area contributed by atoms with Gasteiger partial charge in [0.1, 0.15) is 5.56 Å². The van der Waals surface area contributed by atoms with Gasteiger partial charge in [-0.1, -0.05) is 13.3 Å². The fraction of sp³-hybridized carbons (Fsp3) is 0.571. The van der Waals surface area contributed by atoms with Crippen LogP contribution >= 0.6 is 0 Å². The molecule has 0 aliphatic rings. The topological polar surface area (TPSA) is 71.5 Å². The first-order chi connectivity index (χ1) is 9.06. The van der Waals surface area contributed by atoms with E-state index in [9.17, 15) is 9.90 Å². The van der Waals surface area contributed by atoms with Crippen LogP contribution in [0.5, 0.6) is 0 Å². The van der Waals surface area contributed by atoms with Crippen LogP contribution in [0.15, 0.2) is 6.07 Å². The van der Waals surface area contributed by atoms with Gasteiger partial charge in [-0.25, -0.2) is 4.79 Å². The highest BCUT2D eigenvalue weighted by atomic mass is 16.5. The highest BCUT2D eigenvalue weighted by Gasteiger charge is 2.14. The van der Waals surface area contributed by atoms with Crippen molar-refractivity contribution in [3.8, 4) is 0 Å². The van der Waals surface area contributed by atoms with Gasteiger partial charge in [0.2, 0.25) is 0 Å². The molecule has 0 spiro atoms. The Balaban J connectivity index is 2.59. The summed E-state index contributed by atoms with van der Waals surface area (Å²) in [5.41, 5.74) is 2.18. The van der Waals surface area contributed by atoms with Crippen molar-refractivity contribution in [2.45, 2.75) is 33.6 Å². The molecule has 1 aromatic heterocycles. The van der Waals surface area contributed by atoms with Crippen molar-refractivity contribution in [2.75, 3.05) is 25.1 Å². The molecule has 0 aliphatic heterocycles. The van der Waals surface area contributed by atoms with Crippen LogP contribution in [0.4, 0.5) is 5.69 Å². The summed E-state index contributed by atoms with van der Waals surface area (Å²) in [6.45, 7) is 7.58. The Morgan fingerprint density at radius 2 is 2.16 bits per heavy atom. The Morgan fingerprint density at radius 3 is 2.79 bits per heavy atom. The molecule has 1 heterocycles. The quantitative estimate of drug-likeness (QED) is 0.708. The molecule has 0 aliphatic carbocycles. The van der Waals surface area contributed by atoms with Crippen molar-refractivity contribution in [3.05, 3.63) is 23.0 Å². The van der Waals surface area contributed by atoms with Crippen molar-refractivity contribution >= 4 is 11.7 Å². The van der Waals surface area contributed by atoms with Gasteiger partial charge in [-0.2, -0.15) is 0 Å². The van der Waals surface area contributed by atoms with E-state index in [4.69, 9.17) is 4.74 Å². The number of ether oxygens (including phenoxy) is 1. The molecule has 5 nitrogen and oxygen atoms in total. The number of rotatable bonds is 8. The zero-order valence-corrected chi connectivity index (χ0v) is 11.8. The number of aromatic nitrogens is 1. The predicted octanol–water partition coefficient (Wildman–Crippen LogP) is 2.63. The van der Waals surface area contributed by atoms with E-state index in [1.54, 1.807) is 13.0 Å². The maximum absolute atomic E-state index is 11.2. The molecule has 0 unspecified atom stereocenters. The van der Waals surface area contributed by atoms with Crippen LogP contribution in [-0.4, -0.2) is 35.8 Å². The lowest BCUT2D eigenvalue weighted by molar-refractivity contribution is 0.0696. The average Bonchev–Trinajstić information content (AvgIpc) is 2.32. The Bertz CT molecular complexity index is 433. The van der Waals surface area contributed by atoms with Gasteiger partial charge in [-0.05, 0) is 26.3 Å². The first-order valence-corrected chi connectivity index (χ1v) is 6.59. The van der Waals surface area contributed by atoms with E-state index in [0.717, 1.165) is 25.1 Å². The van der Waals surface area contributed by atoms with E-state index < -0.39 is 5.97 Å². The minimum absolute atomic E-state index is 0.235. The Morgan fingerprint density at radius 1 is 1.42 bits per heavy atom. The minimum Gasteiger partial charge on any atom is -0.478 e. The standard InChI is InChI=1S/C14H22N2O3/c1-4-5-7-19-8-6-15-12-9-10(2)16-11(3)13(12)14(17)18/h9H,4-8H2,1-3H3,(H,15,16)(H,17,18). The molecule has 0 amide bonds. The molecule has 19 heavy (non-hydrogen) atoms. The van der Waals surface area contributed by atoms with Crippen LogP contribution in [0.1, 0.15) is 41.5 Å². The van der Waals surface area contributed by atoms with Gasteiger partial charge in [0.25, 0.3) is 0 Å². The summed E-state index contributed by atoms with van der Waals surface area (Å²) in [7, 11) is 0. The SMILES string of the molecule is CCCCOCCNc1cc(C)nc(C)c1C(=O)O. The number of carboxylic acids is 1. The second-order valence-electron chi connectivity index (χ2n) is 4.47. The van der Waals surface area contributed by atoms with Crippen LogP contribution in [0.3, 0.4) is 0 Å².